The van der Waals surface area contributed by atoms with Crippen LogP contribution in [0, 0.1) is 0 Å². The first kappa shape index (κ1) is 20.4. The molecule has 4 nitrogen and oxygen atoms in total. The molecule has 0 spiro atoms. The standard InChI is InChI=1S/C24H21ClN2O2/c25-21-13-11-19(12-14-21)17-22(27-23(28)20-9-5-2-6-10-20)24(29)26-16-15-18-7-3-1-4-8-18/h1-14,17H,15-16H2,(H,26,29)(H,27,28)/b22-17+. The summed E-state index contributed by atoms with van der Waals surface area (Å²) in [5, 5.41) is 6.19. The van der Waals surface area contributed by atoms with Crippen LogP contribution in [0.1, 0.15) is 21.5 Å². The fourth-order valence-corrected chi connectivity index (χ4v) is 2.85. The summed E-state index contributed by atoms with van der Waals surface area (Å²) in [5.74, 6) is -0.691. The van der Waals surface area contributed by atoms with Gasteiger partial charge in [0.05, 0.1) is 0 Å². The van der Waals surface area contributed by atoms with Crippen molar-refractivity contribution in [1.82, 2.24) is 10.6 Å². The van der Waals surface area contributed by atoms with Gasteiger partial charge >= 0.3 is 0 Å². The Kier molecular flexibility index (Phi) is 7.20. The second kappa shape index (κ2) is 10.2. The Balaban J connectivity index is 1.73. The normalized spacial score (nSPS) is 11.0. The molecule has 0 saturated carbocycles. The SMILES string of the molecule is O=C(NCCc1ccccc1)/C(=C\c1ccc(Cl)cc1)NC(=O)c1ccccc1. The largest absolute Gasteiger partial charge is 0.350 e. The lowest BCUT2D eigenvalue weighted by Crippen LogP contribution is -2.35. The lowest BCUT2D eigenvalue weighted by atomic mass is 10.1. The third kappa shape index (κ3) is 6.33. The molecule has 0 unspecified atom stereocenters. The van der Waals surface area contributed by atoms with Crippen LogP contribution in [-0.4, -0.2) is 18.4 Å². The smallest absolute Gasteiger partial charge is 0.267 e. The summed E-state index contributed by atoms with van der Waals surface area (Å²) < 4.78 is 0. The Morgan fingerprint density at radius 1 is 0.828 bits per heavy atom. The van der Waals surface area contributed by atoms with E-state index in [2.05, 4.69) is 10.6 Å². The zero-order valence-corrected chi connectivity index (χ0v) is 16.5. The van der Waals surface area contributed by atoms with Gasteiger partial charge in [0.25, 0.3) is 11.8 Å². The molecule has 2 N–H and O–H groups in total. The Bertz CT molecular complexity index is 984. The number of nitrogens with one attached hydrogen (secondary N) is 2. The zero-order valence-electron chi connectivity index (χ0n) is 15.8. The number of halogens is 1. The van der Waals surface area contributed by atoms with Crippen LogP contribution in [0.4, 0.5) is 0 Å². The molecule has 0 aromatic heterocycles. The van der Waals surface area contributed by atoms with Crippen molar-refractivity contribution in [2.45, 2.75) is 6.42 Å². The number of rotatable bonds is 7. The monoisotopic (exact) mass is 404 g/mol. The van der Waals surface area contributed by atoms with E-state index in [4.69, 9.17) is 11.6 Å². The molecule has 29 heavy (non-hydrogen) atoms. The summed E-state index contributed by atoms with van der Waals surface area (Å²) in [6, 6.07) is 25.7. The summed E-state index contributed by atoms with van der Waals surface area (Å²) in [6.07, 6.45) is 2.34. The molecule has 0 fully saturated rings. The first-order valence-corrected chi connectivity index (χ1v) is 9.65. The van der Waals surface area contributed by atoms with Gasteiger partial charge in [-0.3, -0.25) is 9.59 Å². The van der Waals surface area contributed by atoms with Crippen molar-refractivity contribution < 1.29 is 9.59 Å². The number of carbonyl (C=O) groups is 2. The lowest BCUT2D eigenvalue weighted by Gasteiger charge is -2.11. The van der Waals surface area contributed by atoms with E-state index in [-0.39, 0.29) is 17.5 Å². The molecule has 2 amide bonds. The molecule has 146 valence electrons. The number of carbonyl (C=O) groups excluding carboxylic acids is 2. The molecule has 0 atom stereocenters. The predicted molar refractivity (Wildman–Crippen MR) is 116 cm³/mol. The van der Waals surface area contributed by atoms with Crippen molar-refractivity contribution >= 4 is 29.5 Å². The molecular weight excluding hydrogens is 384 g/mol. The van der Waals surface area contributed by atoms with Crippen molar-refractivity contribution in [2.24, 2.45) is 0 Å². The molecule has 3 rings (SSSR count). The minimum Gasteiger partial charge on any atom is -0.350 e. The molecule has 0 aliphatic heterocycles. The number of hydrogen-bond donors (Lipinski definition) is 2. The van der Waals surface area contributed by atoms with E-state index in [1.165, 1.54) is 0 Å². The van der Waals surface area contributed by atoms with Gasteiger partial charge in [0.1, 0.15) is 5.70 Å². The van der Waals surface area contributed by atoms with Crippen LogP contribution < -0.4 is 10.6 Å². The fourth-order valence-electron chi connectivity index (χ4n) is 2.73. The van der Waals surface area contributed by atoms with Gasteiger partial charge in [-0.05, 0) is 47.9 Å². The van der Waals surface area contributed by atoms with E-state index in [1.54, 1.807) is 54.6 Å². The van der Waals surface area contributed by atoms with Crippen LogP contribution in [0.5, 0.6) is 0 Å². The van der Waals surface area contributed by atoms with E-state index < -0.39 is 0 Å². The highest BCUT2D eigenvalue weighted by molar-refractivity contribution is 6.30. The van der Waals surface area contributed by atoms with Gasteiger partial charge in [-0.15, -0.1) is 0 Å². The van der Waals surface area contributed by atoms with Gasteiger partial charge in [0.2, 0.25) is 0 Å². The molecular formula is C24H21ClN2O2. The van der Waals surface area contributed by atoms with Crippen molar-refractivity contribution in [3.63, 3.8) is 0 Å². The highest BCUT2D eigenvalue weighted by atomic mass is 35.5. The number of hydrogen-bond acceptors (Lipinski definition) is 2. The summed E-state index contributed by atoms with van der Waals surface area (Å²) in [5.41, 5.74) is 2.54. The molecule has 5 heteroatoms. The molecule has 3 aromatic rings. The molecule has 0 radical (unpaired) electrons. The molecule has 0 heterocycles. The first-order valence-electron chi connectivity index (χ1n) is 9.27. The average Bonchev–Trinajstić information content (AvgIpc) is 2.76. The quantitative estimate of drug-likeness (QED) is 0.571. The van der Waals surface area contributed by atoms with E-state index in [0.717, 1.165) is 11.1 Å². The third-order valence-electron chi connectivity index (χ3n) is 4.25. The van der Waals surface area contributed by atoms with Crippen LogP contribution in [0.3, 0.4) is 0 Å². The van der Waals surface area contributed by atoms with Gasteiger partial charge in [-0.1, -0.05) is 72.3 Å². The summed E-state index contributed by atoms with van der Waals surface area (Å²) in [4.78, 5) is 25.3. The lowest BCUT2D eigenvalue weighted by molar-refractivity contribution is -0.117. The number of benzene rings is 3. The summed E-state index contributed by atoms with van der Waals surface area (Å²) >= 11 is 5.93. The molecule has 0 saturated heterocycles. The van der Waals surface area contributed by atoms with Crippen molar-refractivity contribution in [3.05, 3.63) is 112 Å². The van der Waals surface area contributed by atoms with Crippen LogP contribution in [0.2, 0.25) is 5.02 Å². The van der Waals surface area contributed by atoms with E-state index in [9.17, 15) is 9.59 Å². The van der Waals surface area contributed by atoms with Gasteiger partial charge in [-0.25, -0.2) is 0 Å². The van der Waals surface area contributed by atoms with Crippen molar-refractivity contribution in [2.75, 3.05) is 6.54 Å². The first-order chi connectivity index (χ1) is 14.1. The molecule has 3 aromatic carbocycles. The fraction of sp³-hybridized carbons (Fsp3) is 0.0833. The van der Waals surface area contributed by atoms with Crippen LogP contribution >= 0.6 is 11.6 Å². The maximum absolute atomic E-state index is 12.8. The maximum Gasteiger partial charge on any atom is 0.267 e. The highest BCUT2D eigenvalue weighted by Gasteiger charge is 2.14. The van der Waals surface area contributed by atoms with Crippen LogP contribution in [0.25, 0.3) is 6.08 Å². The average molecular weight is 405 g/mol. The van der Waals surface area contributed by atoms with Crippen LogP contribution in [0.15, 0.2) is 90.6 Å². The Labute approximate surface area is 175 Å². The van der Waals surface area contributed by atoms with Gasteiger partial charge in [-0.2, -0.15) is 0 Å². The highest BCUT2D eigenvalue weighted by Crippen LogP contribution is 2.12. The van der Waals surface area contributed by atoms with Gasteiger partial charge in [0, 0.05) is 17.1 Å². The summed E-state index contributed by atoms with van der Waals surface area (Å²) in [6.45, 7) is 0.460. The zero-order chi connectivity index (χ0) is 20.5. The Morgan fingerprint density at radius 3 is 2.10 bits per heavy atom. The van der Waals surface area contributed by atoms with Crippen molar-refractivity contribution in [3.8, 4) is 0 Å². The minimum absolute atomic E-state index is 0.175. The molecule has 0 bridgehead atoms. The topological polar surface area (TPSA) is 58.2 Å². The number of amides is 2. The Morgan fingerprint density at radius 2 is 1.45 bits per heavy atom. The van der Waals surface area contributed by atoms with Crippen molar-refractivity contribution in [1.29, 1.82) is 0 Å². The minimum atomic E-state index is -0.347. The second-order valence-electron chi connectivity index (χ2n) is 6.42. The Hall–Kier alpha value is -3.37. The van der Waals surface area contributed by atoms with Gasteiger partial charge < -0.3 is 10.6 Å². The van der Waals surface area contributed by atoms with Crippen LogP contribution in [-0.2, 0) is 11.2 Å². The van der Waals surface area contributed by atoms with E-state index in [0.29, 0.717) is 23.6 Å². The maximum atomic E-state index is 12.8. The molecule has 0 aliphatic carbocycles. The summed E-state index contributed by atoms with van der Waals surface area (Å²) in [7, 11) is 0. The van der Waals surface area contributed by atoms with E-state index >= 15 is 0 Å². The molecule has 0 aliphatic rings. The van der Waals surface area contributed by atoms with Gasteiger partial charge in [0.15, 0.2) is 0 Å². The second-order valence-corrected chi connectivity index (χ2v) is 6.86. The van der Waals surface area contributed by atoms with E-state index in [1.807, 2.05) is 36.4 Å². The third-order valence-corrected chi connectivity index (χ3v) is 4.50. The predicted octanol–water partition coefficient (Wildman–Crippen LogP) is 4.47.